The number of rotatable bonds is 6. The molecule has 0 radical (unpaired) electrons. The zero-order chi connectivity index (χ0) is 14.7. The third kappa shape index (κ3) is 2.93. The molecule has 20 heavy (non-hydrogen) atoms. The van der Waals surface area contributed by atoms with Gasteiger partial charge in [-0.25, -0.2) is 4.98 Å². The molecule has 0 aliphatic heterocycles. The van der Waals surface area contributed by atoms with Crippen LogP contribution in [0.1, 0.15) is 43.5 Å². The number of hydrogen-bond donors (Lipinski definition) is 3. The minimum atomic E-state index is 0.0665. The van der Waals surface area contributed by atoms with Crippen LogP contribution in [0.25, 0.3) is 0 Å². The number of aryl methyl sites for hydroxylation is 2. The SMILES string of the molecule is CC(C)N(CCCO)c1nc2c(cc1C(=N)N)CCC2. The van der Waals surface area contributed by atoms with E-state index in [9.17, 15) is 0 Å². The number of aromatic nitrogens is 1. The molecule has 1 aliphatic carbocycles. The molecule has 0 amide bonds. The number of nitrogen functional groups attached to an aromatic ring is 1. The molecule has 5 nitrogen and oxygen atoms in total. The molecule has 1 aromatic heterocycles. The fraction of sp³-hybridized carbons (Fsp3) is 0.600. The number of nitrogens with zero attached hydrogens (tertiary/aromatic N) is 2. The monoisotopic (exact) mass is 276 g/mol. The Balaban J connectivity index is 2.43. The highest BCUT2D eigenvalue weighted by molar-refractivity contribution is 6.00. The Morgan fingerprint density at radius 2 is 2.25 bits per heavy atom. The number of nitrogens with one attached hydrogen (secondary N) is 1. The minimum Gasteiger partial charge on any atom is -0.396 e. The van der Waals surface area contributed by atoms with E-state index in [-0.39, 0.29) is 18.5 Å². The van der Waals surface area contributed by atoms with Gasteiger partial charge in [0, 0.05) is 24.9 Å². The van der Waals surface area contributed by atoms with Crippen molar-refractivity contribution < 1.29 is 5.11 Å². The Labute approximate surface area is 120 Å². The molecule has 1 heterocycles. The first kappa shape index (κ1) is 14.8. The normalized spacial score (nSPS) is 13.6. The fourth-order valence-corrected chi connectivity index (χ4v) is 2.73. The summed E-state index contributed by atoms with van der Waals surface area (Å²) in [6.45, 7) is 5.07. The molecule has 0 unspecified atom stereocenters. The first-order chi connectivity index (χ1) is 9.54. The maximum absolute atomic E-state index is 9.06. The summed E-state index contributed by atoms with van der Waals surface area (Å²) in [6.07, 6.45) is 3.85. The molecule has 5 heteroatoms. The Kier molecular flexibility index (Phi) is 4.60. The molecule has 0 spiro atoms. The van der Waals surface area contributed by atoms with Crippen LogP contribution < -0.4 is 10.6 Å². The van der Waals surface area contributed by atoms with Gasteiger partial charge in [0.25, 0.3) is 0 Å². The predicted octanol–water partition coefficient (Wildman–Crippen LogP) is 1.45. The number of amidine groups is 1. The molecular weight excluding hydrogens is 252 g/mol. The van der Waals surface area contributed by atoms with Crippen LogP contribution in [0, 0.1) is 5.41 Å². The molecule has 0 aromatic carbocycles. The summed E-state index contributed by atoms with van der Waals surface area (Å²) < 4.78 is 0. The molecule has 1 aromatic rings. The number of aliphatic hydroxyl groups excluding tert-OH is 1. The standard InChI is InChI=1S/C15H24N4O/c1-10(2)19(7-4-8-20)15-12(14(16)17)9-11-5-3-6-13(11)18-15/h9-10,20H,3-8H2,1-2H3,(H3,16,17). The maximum atomic E-state index is 9.06. The minimum absolute atomic E-state index is 0.0665. The van der Waals surface area contributed by atoms with Crippen molar-refractivity contribution in [2.75, 3.05) is 18.1 Å². The van der Waals surface area contributed by atoms with E-state index >= 15 is 0 Å². The number of anilines is 1. The van der Waals surface area contributed by atoms with Crippen molar-refractivity contribution >= 4 is 11.7 Å². The maximum Gasteiger partial charge on any atom is 0.140 e. The van der Waals surface area contributed by atoms with Crippen LogP contribution >= 0.6 is 0 Å². The van der Waals surface area contributed by atoms with Gasteiger partial charge in [-0.1, -0.05) is 0 Å². The average Bonchev–Trinajstić information content (AvgIpc) is 2.84. The van der Waals surface area contributed by atoms with Crippen molar-refractivity contribution in [1.29, 1.82) is 5.41 Å². The smallest absolute Gasteiger partial charge is 0.140 e. The highest BCUT2D eigenvalue weighted by atomic mass is 16.3. The number of pyridine rings is 1. The number of nitrogens with two attached hydrogens (primary N) is 1. The molecule has 2 rings (SSSR count). The van der Waals surface area contributed by atoms with Gasteiger partial charge in [0.1, 0.15) is 11.7 Å². The number of hydrogen-bond acceptors (Lipinski definition) is 4. The Hall–Kier alpha value is -1.62. The molecule has 110 valence electrons. The summed E-state index contributed by atoms with van der Waals surface area (Å²) in [5.41, 5.74) is 8.83. The molecule has 0 fully saturated rings. The van der Waals surface area contributed by atoms with Crippen LogP contribution in [-0.2, 0) is 12.8 Å². The summed E-state index contributed by atoms with van der Waals surface area (Å²) in [5.74, 6) is 0.860. The van der Waals surface area contributed by atoms with E-state index in [0.29, 0.717) is 6.42 Å². The molecule has 0 saturated heterocycles. The second-order valence-corrected chi connectivity index (χ2v) is 5.60. The predicted molar refractivity (Wildman–Crippen MR) is 81.5 cm³/mol. The van der Waals surface area contributed by atoms with E-state index in [4.69, 9.17) is 21.2 Å². The third-order valence-electron chi connectivity index (χ3n) is 3.77. The quantitative estimate of drug-likeness (QED) is 0.542. The summed E-state index contributed by atoms with van der Waals surface area (Å²) in [6, 6.07) is 2.29. The van der Waals surface area contributed by atoms with Gasteiger partial charge >= 0.3 is 0 Å². The van der Waals surface area contributed by atoms with Crippen LogP contribution in [0.15, 0.2) is 6.07 Å². The van der Waals surface area contributed by atoms with Crippen LogP contribution in [0.4, 0.5) is 5.82 Å². The second kappa shape index (κ2) is 6.22. The van der Waals surface area contributed by atoms with E-state index in [1.807, 2.05) is 6.07 Å². The van der Waals surface area contributed by atoms with Gasteiger partial charge in [0.15, 0.2) is 0 Å². The van der Waals surface area contributed by atoms with Crippen LogP contribution in [0.3, 0.4) is 0 Å². The van der Waals surface area contributed by atoms with E-state index in [1.165, 1.54) is 5.56 Å². The number of aliphatic hydroxyl groups is 1. The summed E-state index contributed by atoms with van der Waals surface area (Å²) >= 11 is 0. The van der Waals surface area contributed by atoms with Crippen molar-refractivity contribution in [3.05, 3.63) is 22.9 Å². The van der Waals surface area contributed by atoms with Crippen LogP contribution in [0.5, 0.6) is 0 Å². The first-order valence-electron chi connectivity index (χ1n) is 7.29. The van der Waals surface area contributed by atoms with E-state index in [0.717, 1.165) is 42.9 Å². The fourth-order valence-electron chi connectivity index (χ4n) is 2.73. The summed E-state index contributed by atoms with van der Waals surface area (Å²) in [7, 11) is 0. The topological polar surface area (TPSA) is 86.2 Å². The summed E-state index contributed by atoms with van der Waals surface area (Å²) in [4.78, 5) is 6.90. The van der Waals surface area contributed by atoms with Gasteiger partial charge < -0.3 is 15.7 Å². The summed E-state index contributed by atoms with van der Waals surface area (Å²) in [5, 5.41) is 16.9. The highest BCUT2D eigenvalue weighted by Crippen LogP contribution is 2.28. The lowest BCUT2D eigenvalue weighted by Gasteiger charge is -2.30. The second-order valence-electron chi connectivity index (χ2n) is 5.60. The zero-order valence-corrected chi connectivity index (χ0v) is 12.3. The lowest BCUT2D eigenvalue weighted by molar-refractivity contribution is 0.288. The molecule has 4 N–H and O–H groups in total. The molecule has 0 bridgehead atoms. The first-order valence-corrected chi connectivity index (χ1v) is 7.29. The molecule has 0 atom stereocenters. The van der Waals surface area contributed by atoms with E-state index in [2.05, 4.69) is 18.7 Å². The Morgan fingerprint density at radius 3 is 2.85 bits per heavy atom. The lowest BCUT2D eigenvalue weighted by atomic mass is 10.1. The Morgan fingerprint density at radius 1 is 1.50 bits per heavy atom. The van der Waals surface area contributed by atoms with Gasteiger partial charge in [0.05, 0.1) is 5.56 Å². The molecule has 1 aliphatic rings. The van der Waals surface area contributed by atoms with Crippen LogP contribution in [-0.4, -0.2) is 35.1 Å². The molecule has 0 saturated carbocycles. The van der Waals surface area contributed by atoms with Crippen molar-refractivity contribution in [2.45, 2.75) is 45.6 Å². The van der Waals surface area contributed by atoms with Crippen molar-refractivity contribution in [2.24, 2.45) is 5.73 Å². The largest absolute Gasteiger partial charge is 0.396 e. The van der Waals surface area contributed by atoms with E-state index in [1.54, 1.807) is 0 Å². The Bertz CT molecular complexity index is 499. The third-order valence-corrected chi connectivity index (χ3v) is 3.77. The highest BCUT2D eigenvalue weighted by Gasteiger charge is 2.22. The average molecular weight is 276 g/mol. The van der Waals surface area contributed by atoms with Crippen LogP contribution in [0.2, 0.25) is 0 Å². The van der Waals surface area contributed by atoms with Crippen molar-refractivity contribution in [3.63, 3.8) is 0 Å². The van der Waals surface area contributed by atoms with E-state index < -0.39 is 0 Å². The van der Waals surface area contributed by atoms with Crippen molar-refractivity contribution in [1.82, 2.24) is 4.98 Å². The van der Waals surface area contributed by atoms with Gasteiger partial charge in [-0.2, -0.15) is 0 Å². The lowest BCUT2D eigenvalue weighted by Crippen LogP contribution is -2.35. The van der Waals surface area contributed by atoms with Gasteiger partial charge in [-0.05, 0) is 51.2 Å². The van der Waals surface area contributed by atoms with Gasteiger partial charge in [0.2, 0.25) is 0 Å². The number of fused-ring (bicyclic) bond motifs is 1. The zero-order valence-electron chi connectivity index (χ0n) is 12.3. The van der Waals surface area contributed by atoms with Crippen molar-refractivity contribution in [3.8, 4) is 0 Å². The van der Waals surface area contributed by atoms with Gasteiger partial charge in [-0.15, -0.1) is 0 Å². The molecular formula is C15H24N4O. The van der Waals surface area contributed by atoms with Gasteiger partial charge in [-0.3, -0.25) is 5.41 Å².